The van der Waals surface area contributed by atoms with Gasteiger partial charge >= 0.3 is 0 Å². The second kappa shape index (κ2) is 6.96. The molecule has 0 aliphatic carbocycles. The number of halogens is 1. The number of hydrogen-bond donors (Lipinski definition) is 2. The summed E-state index contributed by atoms with van der Waals surface area (Å²) in [6.07, 6.45) is 1.58. The van der Waals surface area contributed by atoms with E-state index < -0.39 is 0 Å². The summed E-state index contributed by atoms with van der Waals surface area (Å²) in [5, 5.41) is 9.79. The maximum absolute atomic E-state index is 12.0. The summed E-state index contributed by atoms with van der Waals surface area (Å²) in [6.45, 7) is 1.38. The highest BCUT2D eigenvalue weighted by atomic mass is 35.5. The Morgan fingerprint density at radius 3 is 3.00 bits per heavy atom. The van der Waals surface area contributed by atoms with Crippen LogP contribution < -0.4 is 5.32 Å². The Hall–Kier alpha value is -1.79. The minimum atomic E-state index is -0.112. The van der Waals surface area contributed by atoms with Crippen molar-refractivity contribution in [2.45, 2.75) is 0 Å². The minimum Gasteiger partial charge on any atom is -0.463 e. The van der Waals surface area contributed by atoms with E-state index in [9.17, 15) is 4.79 Å². The lowest BCUT2D eigenvalue weighted by molar-refractivity contribution is 0.0791. The van der Waals surface area contributed by atoms with Crippen molar-refractivity contribution in [1.82, 2.24) is 20.4 Å². The van der Waals surface area contributed by atoms with Gasteiger partial charge in [-0.1, -0.05) is 0 Å². The zero-order valence-electron chi connectivity index (χ0n) is 10.8. The van der Waals surface area contributed by atoms with Crippen LogP contribution in [-0.4, -0.2) is 48.2 Å². The van der Waals surface area contributed by atoms with E-state index in [-0.39, 0.29) is 18.3 Å². The van der Waals surface area contributed by atoms with Gasteiger partial charge in [0.1, 0.15) is 5.69 Å². The van der Waals surface area contributed by atoms with E-state index >= 15 is 0 Å². The molecule has 0 aromatic carbocycles. The number of amides is 1. The number of carbonyl (C=O) groups is 1. The summed E-state index contributed by atoms with van der Waals surface area (Å²) in [5.74, 6) is 0.554. The number of likely N-dealkylation sites (N-methyl/N-ethyl adjacent to an activating group) is 2. The average Bonchev–Trinajstić information content (AvgIpc) is 3.04. The topological polar surface area (TPSA) is 74.2 Å². The molecule has 2 aromatic rings. The highest BCUT2D eigenvalue weighted by Gasteiger charge is 2.16. The molecular weight excluding hydrogens is 268 g/mol. The van der Waals surface area contributed by atoms with Crippen LogP contribution in [0.5, 0.6) is 0 Å². The Bertz CT molecular complexity index is 510. The van der Waals surface area contributed by atoms with Gasteiger partial charge in [-0.25, -0.2) is 0 Å². The van der Waals surface area contributed by atoms with E-state index in [1.165, 1.54) is 0 Å². The number of hydrogen-bond acceptors (Lipinski definition) is 4. The van der Waals surface area contributed by atoms with Gasteiger partial charge in [-0.3, -0.25) is 9.89 Å². The second-order valence-electron chi connectivity index (χ2n) is 3.97. The van der Waals surface area contributed by atoms with E-state index in [0.29, 0.717) is 23.7 Å². The van der Waals surface area contributed by atoms with Gasteiger partial charge in [0, 0.05) is 26.2 Å². The zero-order valence-corrected chi connectivity index (χ0v) is 11.7. The largest absolute Gasteiger partial charge is 0.463 e. The summed E-state index contributed by atoms with van der Waals surface area (Å²) >= 11 is 0. The van der Waals surface area contributed by atoms with Crippen LogP contribution >= 0.6 is 12.4 Å². The smallest absolute Gasteiger partial charge is 0.274 e. The first-order valence-electron chi connectivity index (χ1n) is 5.71. The van der Waals surface area contributed by atoms with Gasteiger partial charge in [-0.15, -0.1) is 12.4 Å². The third-order valence-corrected chi connectivity index (χ3v) is 2.63. The summed E-state index contributed by atoms with van der Waals surface area (Å²) in [6, 6.07) is 5.29. The molecular formula is C12H17ClN4O2. The Labute approximate surface area is 117 Å². The number of H-pyrrole nitrogens is 1. The SMILES string of the molecule is CNCCN(C)C(=O)c1cc(-c2ccco2)[nH]n1.Cl. The number of nitrogens with one attached hydrogen (secondary N) is 2. The first-order valence-corrected chi connectivity index (χ1v) is 5.71. The number of aromatic nitrogens is 2. The lowest BCUT2D eigenvalue weighted by atomic mass is 10.3. The molecule has 0 fully saturated rings. The fraction of sp³-hybridized carbons (Fsp3) is 0.333. The second-order valence-corrected chi connectivity index (χ2v) is 3.97. The summed E-state index contributed by atoms with van der Waals surface area (Å²) in [5.41, 5.74) is 1.09. The molecule has 0 saturated heterocycles. The quantitative estimate of drug-likeness (QED) is 0.870. The zero-order chi connectivity index (χ0) is 13.0. The predicted octanol–water partition coefficient (Wildman–Crippen LogP) is 1.38. The van der Waals surface area contributed by atoms with Gasteiger partial charge in [0.25, 0.3) is 5.91 Å². The van der Waals surface area contributed by atoms with Crippen LogP contribution in [0.2, 0.25) is 0 Å². The molecule has 7 heteroatoms. The Morgan fingerprint density at radius 1 is 1.58 bits per heavy atom. The summed E-state index contributed by atoms with van der Waals surface area (Å²) < 4.78 is 5.23. The van der Waals surface area contributed by atoms with Crippen molar-refractivity contribution >= 4 is 18.3 Å². The van der Waals surface area contributed by atoms with E-state index in [1.54, 1.807) is 30.3 Å². The summed E-state index contributed by atoms with van der Waals surface area (Å²) in [4.78, 5) is 13.6. The van der Waals surface area contributed by atoms with Gasteiger partial charge in [0.15, 0.2) is 11.5 Å². The van der Waals surface area contributed by atoms with E-state index in [1.807, 2.05) is 13.1 Å². The van der Waals surface area contributed by atoms with Crippen molar-refractivity contribution in [3.05, 3.63) is 30.2 Å². The Kier molecular flexibility index (Phi) is 5.59. The van der Waals surface area contributed by atoms with Gasteiger partial charge in [-0.05, 0) is 19.2 Å². The lowest BCUT2D eigenvalue weighted by Crippen LogP contribution is -2.32. The number of carbonyl (C=O) groups excluding carboxylic acids is 1. The van der Waals surface area contributed by atoms with Crippen LogP contribution in [0.1, 0.15) is 10.5 Å². The van der Waals surface area contributed by atoms with Gasteiger partial charge in [0.05, 0.1) is 6.26 Å². The average molecular weight is 285 g/mol. The Morgan fingerprint density at radius 2 is 2.37 bits per heavy atom. The molecule has 2 N–H and O–H groups in total. The molecule has 0 radical (unpaired) electrons. The van der Waals surface area contributed by atoms with Crippen LogP contribution in [0.3, 0.4) is 0 Å². The highest BCUT2D eigenvalue weighted by molar-refractivity contribution is 5.93. The number of aromatic amines is 1. The fourth-order valence-corrected chi connectivity index (χ4v) is 1.57. The fourth-order valence-electron chi connectivity index (χ4n) is 1.57. The van der Waals surface area contributed by atoms with Crippen molar-refractivity contribution in [1.29, 1.82) is 0 Å². The molecule has 0 atom stereocenters. The van der Waals surface area contributed by atoms with E-state index in [4.69, 9.17) is 4.42 Å². The molecule has 2 aromatic heterocycles. The Balaban J connectivity index is 0.00000180. The third kappa shape index (κ3) is 3.59. The molecule has 2 rings (SSSR count). The molecule has 0 aliphatic heterocycles. The van der Waals surface area contributed by atoms with Crippen LogP contribution in [0.25, 0.3) is 11.5 Å². The number of nitrogens with zero attached hydrogens (tertiary/aromatic N) is 2. The standard InChI is InChI=1S/C12H16N4O2.ClH/c1-13-5-6-16(2)12(17)10-8-9(14-15-10)11-4-3-7-18-11;/h3-4,7-8,13H,5-6H2,1-2H3,(H,14,15);1H. The minimum absolute atomic E-state index is 0. The third-order valence-electron chi connectivity index (χ3n) is 2.63. The predicted molar refractivity (Wildman–Crippen MR) is 74.4 cm³/mol. The first-order chi connectivity index (χ1) is 8.72. The van der Waals surface area contributed by atoms with Crippen LogP contribution in [0.15, 0.2) is 28.9 Å². The van der Waals surface area contributed by atoms with Gasteiger partial charge in [0.2, 0.25) is 0 Å². The van der Waals surface area contributed by atoms with Crippen molar-refractivity contribution in [2.75, 3.05) is 27.2 Å². The molecule has 104 valence electrons. The monoisotopic (exact) mass is 284 g/mol. The van der Waals surface area contributed by atoms with Crippen LogP contribution in [0.4, 0.5) is 0 Å². The molecule has 1 amide bonds. The first kappa shape index (κ1) is 15.3. The normalized spacial score (nSPS) is 10.0. The maximum atomic E-state index is 12.0. The van der Waals surface area contributed by atoms with Crippen LogP contribution in [0, 0.1) is 0 Å². The lowest BCUT2D eigenvalue weighted by Gasteiger charge is -2.14. The molecule has 0 unspecified atom stereocenters. The van der Waals surface area contributed by atoms with Crippen molar-refractivity contribution in [2.24, 2.45) is 0 Å². The summed E-state index contributed by atoms with van der Waals surface area (Å²) in [7, 11) is 3.60. The molecule has 0 saturated carbocycles. The molecule has 0 bridgehead atoms. The molecule has 0 aliphatic rings. The molecule has 19 heavy (non-hydrogen) atoms. The highest BCUT2D eigenvalue weighted by Crippen LogP contribution is 2.18. The van der Waals surface area contributed by atoms with Crippen molar-refractivity contribution < 1.29 is 9.21 Å². The van der Waals surface area contributed by atoms with Crippen molar-refractivity contribution in [3.63, 3.8) is 0 Å². The number of furan rings is 1. The maximum Gasteiger partial charge on any atom is 0.274 e. The van der Waals surface area contributed by atoms with E-state index in [2.05, 4.69) is 15.5 Å². The molecule has 0 spiro atoms. The number of rotatable bonds is 5. The van der Waals surface area contributed by atoms with E-state index in [0.717, 1.165) is 6.54 Å². The van der Waals surface area contributed by atoms with Crippen molar-refractivity contribution in [3.8, 4) is 11.5 Å². The van der Waals surface area contributed by atoms with Crippen LogP contribution in [-0.2, 0) is 0 Å². The molecule has 2 heterocycles. The molecule has 6 nitrogen and oxygen atoms in total. The van der Waals surface area contributed by atoms with Gasteiger partial charge in [-0.2, -0.15) is 5.10 Å². The van der Waals surface area contributed by atoms with Gasteiger partial charge < -0.3 is 14.6 Å².